The van der Waals surface area contributed by atoms with Gasteiger partial charge < -0.3 is 20.3 Å². The van der Waals surface area contributed by atoms with Crippen molar-refractivity contribution in [2.24, 2.45) is 10.4 Å². The Kier molecular flexibility index (Phi) is 6.19. The van der Waals surface area contributed by atoms with Gasteiger partial charge in [0, 0.05) is 38.0 Å². The van der Waals surface area contributed by atoms with Crippen LogP contribution in [0.4, 0.5) is 4.39 Å². The zero-order valence-electron chi connectivity index (χ0n) is 16.1. The number of rotatable bonds is 5. The summed E-state index contributed by atoms with van der Waals surface area (Å²) in [5, 5.41) is 6.34. The van der Waals surface area contributed by atoms with Crippen LogP contribution in [-0.4, -0.2) is 55.6 Å². The first kappa shape index (κ1) is 19.5. The Balaban J connectivity index is 1.61. The smallest absolute Gasteiger partial charge is 0.220 e. The summed E-state index contributed by atoms with van der Waals surface area (Å²) in [7, 11) is 0. The second-order valence-electron chi connectivity index (χ2n) is 7.56. The monoisotopic (exact) mass is 376 g/mol. The lowest BCUT2D eigenvalue weighted by Gasteiger charge is -2.40. The van der Waals surface area contributed by atoms with Gasteiger partial charge in [0.25, 0.3) is 0 Å². The van der Waals surface area contributed by atoms with Crippen LogP contribution in [0, 0.1) is 11.2 Å². The van der Waals surface area contributed by atoms with E-state index in [2.05, 4.69) is 15.5 Å². The SMILES string of the molecule is CCNC(=NCC(C)Oc1ccc(F)cc1)N1CCCC2(CNC(=O)C2)C1. The molecule has 2 N–H and O–H groups in total. The molecule has 6 nitrogen and oxygen atoms in total. The molecule has 2 atom stereocenters. The summed E-state index contributed by atoms with van der Waals surface area (Å²) in [6.45, 7) is 7.82. The van der Waals surface area contributed by atoms with Crippen molar-refractivity contribution in [1.82, 2.24) is 15.5 Å². The third-order valence-corrected chi connectivity index (χ3v) is 5.14. The van der Waals surface area contributed by atoms with Gasteiger partial charge in [0.1, 0.15) is 17.7 Å². The van der Waals surface area contributed by atoms with Crippen LogP contribution in [0.1, 0.15) is 33.1 Å². The van der Waals surface area contributed by atoms with E-state index >= 15 is 0 Å². The van der Waals surface area contributed by atoms with Crippen LogP contribution in [0.25, 0.3) is 0 Å². The Morgan fingerprint density at radius 2 is 2.22 bits per heavy atom. The average Bonchev–Trinajstić information content (AvgIpc) is 3.00. The highest BCUT2D eigenvalue weighted by atomic mass is 19.1. The first-order chi connectivity index (χ1) is 13.0. The lowest BCUT2D eigenvalue weighted by Crippen LogP contribution is -2.51. The van der Waals surface area contributed by atoms with Crippen LogP contribution >= 0.6 is 0 Å². The molecular weight excluding hydrogens is 347 g/mol. The number of ether oxygens (including phenoxy) is 1. The normalized spacial score (nSPS) is 24.0. The highest BCUT2D eigenvalue weighted by molar-refractivity contribution is 5.81. The van der Waals surface area contributed by atoms with Crippen LogP contribution in [0.5, 0.6) is 5.75 Å². The van der Waals surface area contributed by atoms with E-state index in [9.17, 15) is 9.18 Å². The van der Waals surface area contributed by atoms with Crippen molar-refractivity contribution >= 4 is 11.9 Å². The van der Waals surface area contributed by atoms with Crippen molar-refractivity contribution in [3.8, 4) is 5.75 Å². The van der Waals surface area contributed by atoms with E-state index in [4.69, 9.17) is 9.73 Å². The summed E-state index contributed by atoms with van der Waals surface area (Å²) in [5.74, 6) is 1.38. The number of hydrogen-bond acceptors (Lipinski definition) is 3. The summed E-state index contributed by atoms with van der Waals surface area (Å²) in [4.78, 5) is 18.7. The highest BCUT2D eigenvalue weighted by Crippen LogP contribution is 2.36. The van der Waals surface area contributed by atoms with Gasteiger partial charge in [0.05, 0.1) is 6.54 Å². The van der Waals surface area contributed by atoms with Crippen LogP contribution in [0.15, 0.2) is 29.3 Å². The third kappa shape index (κ3) is 5.11. The molecule has 2 aliphatic rings. The number of hydrogen-bond donors (Lipinski definition) is 2. The quantitative estimate of drug-likeness (QED) is 0.611. The Morgan fingerprint density at radius 1 is 1.44 bits per heavy atom. The molecule has 2 unspecified atom stereocenters. The number of nitrogens with zero attached hydrogens (tertiary/aromatic N) is 2. The van der Waals surface area contributed by atoms with Crippen LogP contribution < -0.4 is 15.4 Å². The van der Waals surface area contributed by atoms with Crippen molar-refractivity contribution in [2.45, 2.75) is 39.2 Å². The van der Waals surface area contributed by atoms with E-state index in [1.54, 1.807) is 12.1 Å². The number of carbonyl (C=O) groups excluding carboxylic acids is 1. The van der Waals surface area contributed by atoms with Gasteiger partial charge in [-0.25, -0.2) is 9.38 Å². The number of nitrogens with one attached hydrogen (secondary N) is 2. The van der Waals surface area contributed by atoms with Crippen molar-refractivity contribution in [1.29, 1.82) is 0 Å². The molecule has 3 rings (SSSR count). The Morgan fingerprint density at radius 3 is 2.89 bits per heavy atom. The van der Waals surface area contributed by atoms with E-state index in [1.807, 2.05) is 13.8 Å². The Labute approximate surface area is 160 Å². The number of halogens is 1. The molecule has 1 aromatic carbocycles. The molecule has 2 fully saturated rings. The maximum atomic E-state index is 13.0. The van der Waals surface area contributed by atoms with Crippen molar-refractivity contribution in [3.63, 3.8) is 0 Å². The van der Waals surface area contributed by atoms with Crippen LogP contribution in [0.2, 0.25) is 0 Å². The maximum absolute atomic E-state index is 13.0. The van der Waals surface area contributed by atoms with Crippen LogP contribution in [-0.2, 0) is 4.79 Å². The highest BCUT2D eigenvalue weighted by Gasteiger charge is 2.42. The molecule has 2 heterocycles. The van der Waals surface area contributed by atoms with Gasteiger partial charge in [-0.2, -0.15) is 0 Å². The first-order valence-corrected chi connectivity index (χ1v) is 9.72. The van der Waals surface area contributed by atoms with Gasteiger partial charge in [-0.1, -0.05) is 0 Å². The summed E-state index contributed by atoms with van der Waals surface area (Å²) in [5.41, 5.74) is 0.0295. The van der Waals surface area contributed by atoms with E-state index in [-0.39, 0.29) is 23.2 Å². The number of amides is 1. The van der Waals surface area contributed by atoms with Gasteiger partial charge in [0.2, 0.25) is 5.91 Å². The number of aliphatic imine (C=N–C) groups is 1. The lowest BCUT2D eigenvalue weighted by molar-refractivity contribution is -0.119. The second-order valence-corrected chi connectivity index (χ2v) is 7.56. The standard InChI is InChI=1S/C20H29FN4O2/c1-3-22-19(23-12-15(2)27-17-7-5-16(21)6-8-17)25-10-4-9-20(14-25)11-18(26)24-13-20/h5-8,15H,3-4,9-14H2,1-2H3,(H,22,23)(H,24,26). The fourth-order valence-electron chi connectivity index (χ4n) is 3.85. The number of guanidine groups is 1. The summed E-state index contributed by atoms with van der Waals surface area (Å²) >= 11 is 0. The Bertz CT molecular complexity index is 679. The first-order valence-electron chi connectivity index (χ1n) is 9.72. The number of carbonyl (C=O) groups is 1. The fraction of sp³-hybridized carbons (Fsp3) is 0.600. The summed E-state index contributed by atoms with van der Waals surface area (Å²) in [6, 6.07) is 6.03. The zero-order chi connectivity index (χ0) is 19.3. The minimum atomic E-state index is -0.277. The molecular formula is C20H29FN4O2. The van der Waals surface area contributed by atoms with E-state index in [0.717, 1.165) is 45.0 Å². The minimum Gasteiger partial charge on any atom is -0.489 e. The molecule has 0 aromatic heterocycles. The molecule has 148 valence electrons. The number of likely N-dealkylation sites (tertiary alicyclic amines) is 1. The average molecular weight is 376 g/mol. The largest absolute Gasteiger partial charge is 0.489 e. The molecule has 0 bridgehead atoms. The molecule has 2 aliphatic heterocycles. The maximum Gasteiger partial charge on any atom is 0.220 e. The molecule has 2 saturated heterocycles. The topological polar surface area (TPSA) is 66.0 Å². The fourth-order valence-corrected chi connectivity index (χ4v) is 3.85. The predicted molar refractivity (Wildman–Crippen MR) is 103 cm³/mol. The molecule has 1 aromatic rings. The molecule has 0 radical (unpaired) electrons. The van der Waals surface area contributed by atoms with E-state index < -0.39 is 0 Å². The molecule has 1 spiro atoms. The molecule has 27 heavy (non-hydrogen) atoms. The van der Waals surface area contributed by atoms with Gasteiger partial charge in [-0.3, -0.25) is 4.79 Å². The molecule has 7 heteroatoms. The van der Waals surface area contributed by atoms with E-state index in [1.165, 1.54) is 12.1 Å². The van der Waals surface area contributed by atoms with Gasteiger partial charge >= 0.3 is 0 Å². The third-order valence-electron chi connectivity index (χ3n) is 5.14. The minimum absolute atomic E-state index is 0.0295. The van der Waals surface area contributed by atoms with Gasteiger partial charge in [-0.05, 0) is 51.0 Å². The lowest BCUT2D eigenvalue weighted by atomic mass is 9.79. The molecule has 0 aliphatic carbocycles. The second kappa shape index (κ2) is 8.59. The van der Waals surface area contributed by atoms with Crippen LogP contribution in [0.3, 0.4) is 0 Å². The van der Waals surface area contributed by atoms with Gasteiger partial charge in [0.15, 0.2) is 5.96 Å². The van der Waals surface area contributed by atoms with Gasteiger partial charge in [-0.15, -0.1) is 0 Å². The van der Waals surface area contributed by atoms with Crippen molar-refractivity contribution < 1.29 is 13.9 Å². The molecule has 0 saturated carbocycles. The van der Waals surface area contributed by atoms with E-state index in [0.29, 0.717) is 18.7 Å². The number of piperidine rings is 1. The summed E-state index contributed by atoms with van der Waals surface area (Å²) < 4.78 is 18.8. The van der Waals surface area contributed by atoms with Crippen molar-refractivity contribution in [3.05, 3.63) is 30.1 Å². The Hall–Kier alpha value is -2.31. The number of benzene rings is 1. The summed E-state index contributed by atoms with van der Waals surface area (Å²) in [6.07, 6.45) is 2.61. The predicted octanol–water partition coefficient (Wildman–Crippen LogP) is 2.16. The zero-order valence-corrected chi connectivity index (χ0v) is 16.1. The van der Waals surface area contributed by atoms with Crippen molar-refractivity contribution in [2.75, 3.05) is 32.7 Å². The molecule has 1 amide bonds.